The Morgan fingerprint density at radius 3 is 2.47 bits per heavy atom. The number of hydrogen-bond acceptors (Lipinski definition) is 4. The van der Waals surface area contributed by atoms with Crippen molar-refractivity contribution < 1.29 is 14.3 Å². The minimum Gasteiger partial charge on any atom is -0.493 e. The third kappa shape index (κ3) is 6.26. The molecule has 8 nitrogen and oxygen atoms in total. The number of amides is 2. The molecular formula is C23H36IN5O3. The third-order valence-electron chi connectivity index (χ3n) is 6.16. The highest BCUT2D eigenvalue weighted by Crippen LogP contribution is 2.39. The van der Waals surface area contributed by atoms with E-state index in [-0.39, 0.29) is 48.4 Å². The summed E-state index contributed by atoms with van der Waals surface area (Å²) in [5, 5.41) is 6.87. The lowest BCUT2D eigenvalue weighted by molar-refractivity contribution is -0.138. The topological polar surface area (TPSA) is 86.3 Å². The van der Waals surface area contributed by atoms with Gasteiger partial charge in [0.25, 0.3) is 0 Å². The van der Waals surface area contributed by atoms with E-state index in [0.717, 1.165) is 43.4 Å². The average molecular weight is 557 g/mol. The fraction of sp³-hybridized carbons (Fsp3) is 0.609. The van der Waals surface area contributed by atoms with Gasteiger partial charge in [0.1, 0.15) is 12.3 Å². The van der Waals surface area contributed by atoms with Crippen molar-refractivity contribution in [1.29, 1.82) is 0 Å². The SMILES string of the molecule is CN(C)C(=O)CN=C(NCC1(C(=O)N(C)C)CCCC1)NC1CCOc2ccccc21.I. The summed E-state index contributed by atoms with van der Waals surface area (Å²) in [5.41, 5.74) is 0.646. The van der Waals surface area contributed by atoms with Crippen LogP contribution in [0.2, 0.25) is 0 Å². The van der Waals surface area contributed by atoms with E-state index in [9.17, 15) is 9.59 Å². The lowest BCUT2D eigenvalue weighted by Gasteiger charge is -2.33. The molecule has 2 aliphatic rings. The number of para-hydroxylation sites is 1. The first kappa shape index (κ1) is 26.2. The van der Waals surface area contributed by atoms with Gasteiger partial charge in [0.15, 0.2) is 5.96 Å². The fourth-order valence-corrected chi connectivity index (χ4v) is 4.34. The Morgan fingerprint density at radius 2 is 1.81 bits per heavy atom. The minimum absolute atomic E-state index is 0. The first-order chi connectivity index (χ1) is 14.8. The van der Waals surface area contributed by atoms with Crippen molar-refractivity contribution >= 4 is 41.8 Å². The second kappa shape index (κ2) is 11.7. The Bertz CT molecular complexity index is 822. The highest BCUT2D eigenvalue weighted by atomic mass is 127. The molecule has 0 radical (unpaired) electrons. The van der Waals surface area contributed by atoms with Gasteiger partial charge in [0.2, 0.25) is 11.8 Å². The van der Waals surface area contributed by atoms with Gasteiger partial charge >= 0.3 is 0 Å². The van der Waals surface area contributed by atoms with E-state index >= 15 is 0 Å². The Hall–Kier alpha value is -2.04. The van der Waals surface area contributed by atoms with Gasteiger partial charge in [0.05, 0.1) is 18.1 Å². The predicted molar refractivity (Wildman–Crippen MR) is 136 cm³/mol. The van der Waals surface area contributed by atoms with Gasteiger partial charge in [-0.25, -0.2) is 4.99 Å². The molecule has 3 rings (SSSR count). The van der Waals surface area contributed by atoms with Crippen molar-refractivity contribution in [3.8, 4) is 5.75 Å². The summed E-state index contributed by atoms with van der Waals surface area (Å²) in [5.74, 6) is 1.49. The Morgan fingerprint density at radius 1 is 1.12 bits per heavy atom. The summed E-state index contributed by atoms with van der Waals surface area (Å²) in [4.78, 5) is 32.8. The average Bonchev–Trinajstić information content (AvgIpc) is 3.24. The number of hydrogen-bond donors (Lipinski definition) is 2. The van der Waals surface area contributed by atoms with E-state index in [0.29, 0.717) is 19.1 Å². The standard InChI is InChI=1S/C23H35N5O3.HI/c1-27(2)20(29)15-24-22(25-16-23(12-7-8-13-23)21(30)28(3)4)26-18-11-14-31-19-10-6-5-9-17(18)19;/h5-6,9-10,18H,7-8,11-16H2,1-4H3,(H2,24,25,26);1H. The minimum atomic E-state index is -0.426. The van der Waals surface area contributed by atoms with Crippen molar-refractivity contribution in [3.05, 3.63) is 29.8 Å². The molecule has 2 amide bonds. The van der Waals surface area contributed by atoms with Crippen molar-refractivity contribution in [2.45, 2.75) is 38.1 Å². The van der Waals surface area contributed by atoms with Crippen LogP contribution in [-0.4, -0.2) is 75.5 Å². The number of rotatable bonds is 6. The van der Waals surface area contributed by atoms with E-state index in [4.69, 9.17) is 4.74 Å². The number of halogens is 1. The quantitative estimate of drug-likeness (QED) is 0.319. The van der Waals surface area contributed by atoms with Gasteiger partial charge in [-0.2, -0.15) is 0 Å². The summed E-state index contributed by atoms with van der Waals surface area (Å²) >= 11 is 0. The van der Waals surface area contributed by atoms with Gasteiger partial charge in [-0.1, -0.05) is 31.0 Å². The van der Waals surface area contributed by atoms with E-state index < -0.39 is 5.41 Å². The van der Waals surface area contributed by atoms with Crippen molar-refractivity contribution in [1.82, 2.24) is 20.4 Å². The molecule has 0 saturated heterocycles. The molecule has 1 aliphatic carbocycles. The Kier molecular flexibility index (Phi) is 9.60. The van der Waals surface area contributed by atoms with Crippen LogP contribution in [0.25, 0.3) is 0 Å². The number of aliphatic imine (C=N–C) groups is 1. The molecule has 1 heterocycles. The maximum atomic E-state index is 12.9. The van der Waals surface area contributed by atoms with Crippen LogP contribution in [0.15, 0.2) is 29.3 Å². The first-order valence-electron chi connectivity index (χ1n) is 11.0. The van der Waals surface area contributed by atoms with E-state index in [1.54, 1.807) is 19.0 Å². The maximum absolute atomic E-state index is 12.9. The molecule has 178 valence electrons. The van der Waals surface area contributed by atoms with E-state index in [1.165, 1.54) is 4.90 Å². The van der Waals surface area contributed by atoms with Crippen LogP contribution in [0, 0.1) is 5.41 Å². The number of guanidine groups is 1. The number of fused-ring (bicyclic) bond motifs is 1. The summed E-state index contributed by atoms with van der Waals surface area (Å²) in [7, 11) is 7.06. The van der Waals surface area contributed by atoms with Crippen molar-refractivity contribution in [2.24, 2.45) is 10.4 Å². The van der Waals surface area contributed by atoms with Crippen LogP contribution < -0.4 is 15.4 Å². The fourth-order valence-electron chi connectivity index (χ4n) is 4.34. The third-order valence-corrected chi connectivity index (χ3v) is 6.16. The smallest absolute Gasteiger partial charge is 0.243 e. The maximum Gasteiger partial charge on any atom is 0.243 e. The molecule has 2 N–H and O–H groups in total. The van der Waals surface area contributed by atoms with Crippen LogP contribution >= 0.6 is 24.0 Å². The molecule has 1 saturated carbocycles. The molecule has 1 unspecified atom stereocenters. The highest BCUT2D eigenvalue weighted by Gasteiger charge is 2.42. The summed E-state index contributed by atoms with van der Waals surface area (Å²) in [6, 6.07) is 7.98. The molecule has 32 heavy (non-hydrogen) atoms. The van der Waals surface area contributed by atoms with Crippen LogP contribution in [-0.2, 0) is 9.59 Å². The van der Waals surface area contributed by atoms with Crippen molar-refractivity contribution in [3.63, 3.8) is 0 Å². The summed E-state index contributed by atoms with van der Waals surface area (Å²) in [6.45, 7) is 1.15. The number of benzene rings is 1. The van der Waals surface area contributed by atoms with Crippen molar-refractivity contribution in [2.75, 3.05) is 47.9 Å². The molecule has 9 heteroatoms. The zero-order chi connectivity index (χ0) is 22.4. The number of nitrogens with one attached hydrogen (secondary N) is 2. The van der Waals surface area contributed by atoms with Crippen LogP contribution in [0.3, 0.4) is 0 Å². The van der Waals surface area contributed by atoms with Crippen LogP contribution in [0.4, 0.5) is 0 Å². The van der Waals surface area contributed by atoms with Gasteiger partial charge in [-0.3, -0.25) is 9.59 Å². The normalized spacial score (nSPS) is 19.1. The number of ether oxygens (including phenoxy) is 1. The number of carbonyl (C=O) groups is 2. The van der Waals surface area contributed by atoms with Crippen LogP contribution in [0.1, 0.15) is 43.7 Å². The molecule has 1 fully saturated rings. The zero-order valence-electron chi connectivity index (χ0n) is 19.5. The lowest BCUT2D eigenvalue weighted by Crippen LogP contribution is -2.50. The van der Waals surface area contributed by atoms with Gasteiger partial charge in [-0.05, 0) is 18.9 Å². The van der Waals surface area contributed by atoms with Crippen LogP contribution in [0.5, 0.6) is 5.75 Å². The Labute approximate surface area is 208 Å². The number of likely N-dealkylation sites (N-methyl/N-ethyl adjacent to an activating group) is 1. The highest BCUT2D eigenvalue weighted by molar-refractivity contribution is 14.0. The summed E-state index contributed by atoms with van der Waals surface area (Å²) < 4.78 is 5.77. The second-order valence-electron chi connectivity index (χ2n) is 8.87. The number of nitrogens with zero attached hydrogens (tertiary/aromatic N) is 3. The molecule has 0 spiro atoms. The molecule has 0 bridgehead atoms. The molecular weight excluding hydrogens is 521 g/mol. The van der Waals surface area contributed by atoms with Gasteiger partial charge in [0, 0.05) is 46.7 Å². The van der Waals surface area contributed by atoms with E-state index in [1.807, 2.05) is 38.4 Å². The van der Waals surface area contributed by atoms with E-state index in [2.05, 4.69) is 15.6 Å². The monoisotopic (exact) mass is 557 g/mol. The largest absolute Gasteiger partial charge is 0.493 e. The molecule has 1 aromatic rings. The molecule has 1 aliphatic heterocycles. The molecule has 0 aromatic heterocycles. The summed E-state index contributed by atoms with van der Waals surface area (Å²) in [6.07, 6.45) is 4.62. The molecule has 1 aromatic carbocycles. The second-order valence-corrected chi connectivity index (χ2v) is 8.87. The lowest BCUT2D eigenvalue weighted by atomic mass is 9.84. The van der Waals surface area contributed by atoms with Gasteiger partial charge in [-0.15, -0.1) is 24.0 Å². The zero-order valence-corrected chi connectivity index (χ0v) is 21.8. The predicted octanol–water partition coefficient (Wildman–Crippen LogP) is 2.40. The number of carbonyl (C=O) groups excluding carboxylic acids is 2. The molecule has 1 atom stereocenters. The first-order valence-corrected chi connectivity index (χ1v) is 11.0. The van der Waals surface area contributed by atoms with Gasteiger partial charge < -0.3 is 25.2 Å². The Balaban J connectivity index is 0.00000363.